The lowest BCUT2D eigenvalue weighted by atomic mass is 9.55. The molecule has 0 saturated heterocycles. The van der Waals surface area contributed by atoms with Gasteiger partial charge in [-0.1, -0.05) is 31.2 Å². The first kappa shape index (κ1) is 14.3. The molecule has 0 spiro atoms. The topological polar surface area (TPSA) is 26.3 Å². The van der Waals surface area contributed by atoms with Crippen LogP contribution in [0.2, 0.25) is 0 Å². The van der Waals surface area contributed by atoms with E-state index in [2.05, 4.69) is 31.2 Å². The van der Waals surface area contributed by atoms with E-state index in [0.29, 0.717) is 0 Å². The van der Waals surface area contributed by atoms with Crippen molar-refractivity contribution in [2.75, 3.05) is 0 Å². The average molecular weight is 298 g/mol. The zero-order valence-corrected chi connectivity index (χ0v) is 13.7. The van der Waals surface area contributed by atoms with Gasteiger partial charge in [0.1, 0.15) is 6.10 Å². The fourth-order valence-corrected chi connectivity index (χ4v) is 5.87. The monoisotopic (exact) mass is 298 g/mol. The van der Waals surface area contributed by atoms with Gasteiger partial charge in [0.15, 0.2) is 0 Å². The maximum Gasteiger partial charge on any atom is 0.302 e. The molecule has 4 rings (SSSR count). The van der Waals surface area contributed by atoms with Crippen LogP contribution in [0.1, 0.15) is 63.0 Å². The molecule has 0 amide bonds. The quantitative estimate of drug-likeness (QED) is 0.715. The highest BCUT2D eigenvalue weighted by molar-refractivity contribution is 5.66. The molecule has 3 aliphatic carbocycles. The average Bonchev–Trinajstić information content (AvgIpc) is 2.83. The second-order valence-electron chi connectivity index (χ2n) is 7.83. The molecule has 0 aromatic heterocycles. The Morgan fingerprint density at radius 1 is 1.18 bits per heavy atom. The molecule has 3 aliphatic rings. The highest BCUT2D eigenvalue weighted by Crippen LogP contribution is 2.61. The van der Waals surface area contributed by atoms with Crippen LogP contribution >= 0.6 is 0 Å². The van der Waals surface area contributed by atoms with Gasteiger partial charge >= 0.3 is 5.97 Å². The first-order valence-electron chi connectivity index (χ1n) is 8.84. The van der Waals surface area contributed by atoms with Crippen LogP contribution < -0.4 is 0 Å². The van der Waals surface area contributed by atoms with Crippen LogP contribution in [-0.4, -0.2) is 12.1 Å². The normalized spacial score (nSPS) is 39.5. The van der Waals surface area contributed by atoms with Crippen molar-refractivity contribution in [1.29, 1.82) is 0 Å². The molecule has 2 heteroatoms. The van der Waals surface area contributed by atoms with Gasteiger partial charge in [-0.3, -0.25) is 4.79 Å². The van der Waals surface area contributed by atoms with Gasteiger partial charge in [-0.05, 0) is 67.4 Å². The molecular weight excluding hydrogens is 272 g/mol. The van der Waals surface area contributed by atoms with E-state index < -0.39 is 0 Å². The maximum absolute atomic E-state index is 11.4. The molecular formula is C20H26O2. The van der Waals surface area contributed by atoms with Gasteiger partial charge in [0, 0.05) is 12.3 Å². The third-order valence-corrected chi connectivity index (χ3v) is 6.86. The Labute approximate surface area is 133 Å². The minimum Gasteiger partial charge on any atom is -0.462 e. The summed E-state index contributed by atoms with van der Waals surface area (Å²) in [6.45, 7) is 3.94. The van der Waals surface area contributed by atoms with Crippen molar-refractivity contribution in [1.82, 2.24) is 0 Å². The van der Waals surface area contributed by atoms with E-state index in [4.69, 9.17) is 4.74 Å². The minimum absolute atomic E-state index is 0.108. The second kappa shape index (κ2) is 5.11. The predicted octanol–water partition coefficient (Wildman–Crippen LogP) is 4.47. The van der Waals surface area contributed by atoms with Crippen molar-refractivity contribution in [3.8, 4) is 0 Å². The number of ether oxygens (including phenoxy) is 1. The number of benzene rings is 1. The summed E-state index contributed by atoms with van der Waals surface area (Å²) in [7, 11) is 0. The largest absolute Gasteiger partial charge is 0.462 e. The lowest BCUT2D eigenvalue weighted by Gasteiger charge is -2.50. The van der Waals surface area contributed by atoms with Gasteiger partial charge in [0.05, 0.1) is 0 Å². The summed E-state index contributed by atoms with van der Waals surface area (Å²) in [5.41, 5.74) is 3.39. The lowest BCUT2D eigenvalue weighted by molar-refractivity contribution is -0.154. The van der Waals surface area contributed by atoms with Crippen LogP contribution in [0, 0.1) is 17.3 Å². The number of esters is 1. The van der Waals surface area contributed by atoms with Crippen LogP contribution in [0.3, 0.4) is 0 Å². The number of fused-ring (bicyclic) bond motifs is 5. The highest BCUT2D eigenvalue weighted by atomic mass is 16.5. The van der Waals surface area contributed by atoms with Crippen molar-refractivity contribution in [3.63, 3.8) is 0 Å². The van der Waals surface area contributed by atoms with E-state index in [1.807, 2.05) is 0 Å². The first-order valence-corrected chi connectivity index (χ1v) is 8.84. The summed E-state index contributed by atoms with van der Waals surface area (Å²) in [6, 6.07) is 9.05. The molecule has 0 bridgehead atoms. The fraction of sp³-hybridized carbons (Fsp3) is 0.650. The zero-order chi connectivity index (χ0) is 15.3. The van der Waals surface area contributed by atoms with Gasteiger partial charge in [0.25, 0.3) is 0 Å². The van der Waals surface area contributed by atoms with Crippen LogP contribution in [0.5, 0.6) is 0 Å². The molecule has 0 heterocycles. The number of hydrogen-bond acceptors (Lipinski definition) is 2. The predicted molar refractivity (Wildman–Crippen MR) is 86.6 cm³/mol. The van der Waals surface area contributed by atoms with Crippen LogP contribution in [-0.2, 0) is 16.0 Å². The molecule has 1 aromatic rings. The first-order chi connectivity index (χ1) is 10.6. The molecule has 2 fully saturated rings. The molecule has 5 atom stereocenters. The smallest absolute Gasteiger partial charge is 0.302 e. The standard InChI is InChI=1S/C20H26O2/c1-13(21)22-19-10-9-18-17-8-7-14-5-3-4-6-15(14)16(17)11-12-20(18,19)2/h3-6,16-19H,7-12H2,1-2H3. The van der Waals surface area contributed by atoms with Crippen molar-refractivity contribution in [2.24, 2.45) is 17.3 Å². The molecule has 1 aromatic carbocycles. The molecule has 2 nitrogen and oxygen atoms in total. The summed E-state index contributed by atoms with van der Waals surface area (Å²) >= 11 is 0. The summed E-state index contributed by atoms with van der Waals surface area (Å²) in [5.74, 6) is 2.14. The zero-order valence-electron chi connectivity index (χ0n) is 13.7. The fourth-order valence-electron chi connectivity index (χ4n) is 5.87. The number of aryl methyl sites for hydroxylation is 1. The molecule has 2 saturated carbocycles. The van der Waals surface area contributed by atoms with Crippen molar-refractivity contribution >= 4 is 5.97 Å². The van der Waals surface area contributed by atoms with Crippen molar-refractivity contribution < 1.29 is 9.53 Å². The third kappa shape index (κ3) is 2.03. The van der Waals surface area contributed by atoms with E-state index in [1.165, 1.54) is 32.1 Å². The Hall–Kier alpha value is -1.31. The van der Waals surface area contributed by atoms with E-state index in [9.17, 15) is 4.79 Å². The number of carbonyl (C=O) groups excluding carboxylic acids is 1. The summed E-state index contributed by atoms with van der Waals surface area (Å²) in [4.78, 5) is 11.4. The Balaban J connectivity index is 1.63. The van der Waals surface area contributed by atoms with Gasteiger partial charge < -0.3 is 4.74 Å². The summed E-state index contributed by atoms with van der Waals surface area (Å²) in [5, 5.41) is 0. The van der Waals surface area contributed by atoms with Gasteiger partial charge in [-0.2, -0.15) is 0 Å². The molecule has 22 heavy (non-hydrogen) atoms. The molecule has 0 radical (unpaired) electrons. The third-order valence-electron chi connectivity index (χ3n) is 6.86. The molecule has 0 N–H and O–H groups in total. The maximum atomic E-state index is 11.4. The minimum atomic E-state index is -0.108. The van der Waals surface area contributed by atoms with Crippen LogP contribution in [0.25, 0.3) is 0 Å². The SMILES string of the molecule is CC(=O)OC1CCC2C3CCc4ccccc4C3CCC12C. The number of rotatable bonds is 1. The summed E-state index contributed by atoms with van der Waals surface area (Å²) < 4.78 is 5.69. The lowest BCUT2D eigenvalue weighted by Crippen LogP contribution is -2.45. The Kier molecular flexibility index (Phi) is 3.32. The molecule has 0 aliphatic heterocycles. The van der Waals surface area contributed by atoms with Crippen molar-refractivity contribution in [3.05, 3.63) is 35.4 Å². The van der Waals surface area contributed by atoms with Gasteiger partial charge in [-0.15, -0.1) is 0 Å². The molecule has 5 unspecified atom stereocenters. The van der Waals surface area contributed by atoms with E-state index in [-0.39, 0.29) is 17.5 Å². The van der Waals surface area contributed by atoms with E-state index in [0.717, 1.165) is 24.2 Å². The van der Waals surface area contributed by atoms with Gasteiger partial charge in [0.2, 0.25) is 0 Å². The number of carbonyl (C=O) groups is 1. The van der Waals surface area contributed by atoms with Crippen LogP contribution in [0.4, 0.5) is 0 Å². The number of hydrogen-bond donors (Lipinski definition) is 0. The second-order valence-corrected chi connectivity index (χ2v) is 7.83. The highest BCUT2D eigenvalue weighted by Gasteiger charge is 2.55. The Bertz CT molecular complexity index is 593. The van der Waals surface area contributed by atoms with Crippen molar-refractivity contribution in [2.45, 2.75) is 64.4 Å². The van der Waals surface area contributed by atoms with E-state index >= 15 is 0 Å². The summed E-state index contributed by atoms with van der Waals surface area (Å²) in [6.07, 6.45) is 7.44. The molecule has 118 valence electrons. The van der Waals surface area contributed by atoms with Crippen LogP contribution in [0.15, 0.2) is 24.3 Å². The Morgan fingerprint density at radius 3 is 2.82 bits per heavy atom. The Morgan fingerprint density at radius 2 is 2.00 bits per heavy atom. The van der Waals surface area contributed by atoms with Gasteiger partial charge in [-0.25, -0.2) is 0 Å². The van der Waals surface area contributed by atoms with E-state index in [1.54, 1.807) is 18.1 Å².